The molecule has 0 aliphatic heterocycles. The lowest BCUT2D eigenvalue weighted by Crippen LogP contribution is -2.47. The Morgan fingerprint density at radius 3 is 2.58 bits per heavy atom. The Morgan fingerprint density at radius 1 is 1.03 bits per heavy atom. The van der Waals surface area contributed by atoms with Gasteiger partial charge in [-0.05, 0) is 118 Å². The SMILES string of the molecule is CC[C@]1(O)CCC2C(=CCC3C2CCC2(C)C(CCCS(=O)(=O)c4ccccc4)CCC32)C1. The lowest BCUT2D eigenvalue weighted by atomic mass is 9.51. The van der Waals surface area contributed by atoms with Crippen molar-refractivity contribution in [3.63, 3.8) is 0 Å². The van der Waals surface area contributed by atoms with Gasteiger partial charge in [-0.1, -0.05) is 43.7 Å². The monoisotopic (exact) mass is 470 g/mol. The molecular formula is C29H42O3S. The van der Waals surface area contributed by atoms with Crippen LogP contribution in [0.25, 0.3) is 0 Å². The third-order valence-electron chi connectivity index (χ3n) is 10.5. The van der Waals surface area contributed by atoms with Crippen LogP contribution in [0.15, 0.2) is 46.9 Å². The largest absolute Gasteiger partial charge is 0.390 e. The Morgan fingerprint density at radius 2 is 1.82 bits per heavy atom. The molecule has 4 aliphatic rings. The van der Waals surface area contributed by atoms with E-state index in [2.05, 4.69) is 19.9 Å². The number of aliphatic hydroxyl groups is 1. The van der Waals surface area contributed by atoms with Gasteiger partial charge in [0.1, 0.15) is 0 Å². The third-order valence-corrected chi connectivity index (χ3v) is 12.3. The molecule has 4 heteroatoms. The molecule has 1 aromatic carbocycles. The lowest BCUT2D eigenvalue weighted by molar-refractivity contribution is -0.0405. The summed E-state index contributed by atoms with van der Waals surface area (Å²) >= 11 is 0. The molecule has 3 nitrogen and oxygen atoms in total. The van der Waals surface area contributed by atoms with Crippen LogP contribution in [0.5, 0.6) is 0 Å². The van der Waals surface area contributed by atoms with Gasteiger partial charge in [0.05, 0.1) is 16.2 Å². The topological polar surface area (TPSA) is 54.4 Å². The Balaban J connectivity index is 1.24. The smallest absolute Gasteiger partial charge is 0.178 e. The second kappa shape index (κ2) is 8.82. The van der Waals surface area contributed by atoms with Crippen LogP contribution in [0, 0.1) is 35.0 Å². The highest BCUT2D eigenvalue weighted by Crippen LogP contribution is 2.64. The van der Waals surface area contributed by atoms with Crippen LogP contribution < -0.4 is 0 Å². The molecule has 5 rings (SSSR count). The standard InChI is InChI=1S/C29H42O3S/c1-3-29(30)18-16-24-21(20-29)11-13-26-25(24)15-17-28(2)22(12-14-27(26)28)8-7-19-33(31,32)23-9-5-4-6-10-23/h4-6,9-11,22,24-27,30H,3,7-8,12-20H2,1-2H3/t22?,24?,25?,26?,27?,28?,29-/m0/s1. The van der Waals surface area contributed by atoms with Crippen molar-refractivity contribution in [1.29, 1.82) is 0 Å². The van der Waals surface area contributed by atoms with Crippen molar-refractivity contribution in [1.82, 2.24) is 0 Å². The van der Waals surface area contributed by atoms with E-state index in [0.29, 0.717) is 22.1 Å². The first kappa shape index (κ1) is 23.6. The maximum atomic E-state index is 12.7. The predicted molar refractivity (Wildman–Crippen MR) is 134 cm³/mol. The van der Waals surface area contributed by atoms with E-state index >= 15 is 0 Å². The van der Waals surface area contributed by atoms with E-state index in [1.807, 2.05) is 18.2 Å². The highest BCUT2D eigenvalue weighted by atomic mass is 32.2. The normalized spacial score (nSPS) is 40.5. The first-order chi connectivity index (χ1) is 15.8. The summed E-state index contributed by atoms with van der Waals surface area (Å²) in [5.41, 5.74) is 1.48. The van der Waals surface area contributed by atoms with E-state index in [1.54, 1.807) is 17.7 Å². The first-order valence-electron chi connectivity index (χ1n) is 13.4. The maximum absolute atomic E-state index is 12.7. The van der Waals surface area contributed by atoms with Crippen LogP contribution in [0.3, 0.4) is 0 Å². The van der Waals surface area contributed by atoms with E-state index in [0.717, 1.165) is 49.9 Å². The second-order valence-corrected chi connectivity index (χ2v) is 14.1. The minimum atomic E-state index is -3.17. The molecule has 0 spiro atoms. The minimum absolute atomic E-state index is 0.273. The minimum Gasteiger partial charge on any atom is -0.390 e. The first-order valence-corrected chi connectivity index (χ1v) is 15.1. The van der Waals surface area contributed by atoms with Crippen LogP contribution in [-0.4, -0.2) is 24.9 Å². The average molecular weight is 471 g/mol. The van der Waals surface area contributed by atoms with Gasteiger partial charge in [0, 0.05) is 0 Å². The molecule has 0 amide bonds. The summed E-state index contributed by atoms with van der Waals surface area (Å²) in [6.45, 7) is 4.66. The highest BCUT2D eigenvalue weighted by Gasteiger charge is 2.56. The van der Waals surface area contributed by atoms with Crippen molar-refractivity contribution in [2.45, 2.75) is 95.0 Å². The summed E-state index contributed by atoms with van der Waals surface area (Å²) in [7, 11) is -3.17. The Bertz CT molecular complexity index is 983. The molecule has 4 aliphatic carbocycles. The van der Waals surface area contributed by atoms with E-state index in [9.17, 15) is 13.5 Å². The van der Waals surface area contributed by atoms with Gasteiger partial charge in [-0.3, -0.25) is 0 Å². The zero-order valence-corrected chi connectivity index (χ0v) is 21.3. The van der Waals surface area contributed by atoms with Crippen molar-refractivity contribution in [2.24, 2.45) is 35.0 Å². The van der Waals surface area contributed by atoms with Crippen molar-refractivity contribution in [3.8, 4) is 0 Å². The van der Waals surface area contributed by atoms with Gasteiger partial charge in [-0.2, -0.15) is 0 Å². The molecule has 182 valence electrons. The third kappa shape index (κ3) is 4.24. The van der Waals surface area contributed by atoms with Crippen LogP contribution in [0.2, 0.25) is 0 Å². The molecule has 1 aromatic rings. The fourth-order valence-electron chi connectivity index (χ4n) is 8.51. The predicted octanol–water partition coefficient (Wildman–Crippen LogP) is 6.57. The van der Waals surface area contributed by atoms with Crippen LogP contribution in [0.1, 0.15) is 84.5 Å². The number of hydrogen-bond donors (Lipinski definition) is 1. The molecule has 0 saturated heterocycles. The number of fused-ring (bicyclic) bond motifs is 5. The lowest BCUT2D eigenvalue weighted by Gasteiger charge is -2.54. The molecule has 33 heavy (non-hydrogen) atoms. The van der Waals surface area contributed by atoms with E-state index < -0.39 is 15.4 Å². The average Bonchev–Trinajstić information content (AvgIpc) is 3.15. The molecular weight excluding hydrogens is 428 g/mol. The van der Waals surface area contributed by atoms with Crippen molar-refractivity contribution < 1.29 is 13.5 Å². The van der Waals surface area contributed by atoms with Crippen molar-refractivity contribution in [2.75, 3.05) is 5.75 Å². The highest BCUT2D eigenvalue weighted by molar-refractivity contribution is 7.91. The van der Waals surface area contributed by atoms with Gasteiger partial charge in [-0.15, -0.1) is 0 Å². The Hall–Kier alpha value is -1.13. The van der Waals surface area contributed by atoms with E-state index in [4.69, 9.17) is 0 Å². The molecule has 0 bridgehead atoms. The molecule has 0 aromatic heterocycles. The molecule has 3 fully saturated rings. The Labute approximate surface area is 201 Å². The number of rotatable bonds is 6. The van der Waals surface area contributed by atoms with Gasteiger partial charge in [0.2, 0.25) is 0 Å². The summed E-state index contributed by atoms with van der Waals surface area (Å²) in [4.78, 5) is 0.466. The summed E-state index contributed by atoms with van der Waals surface area (Å²) in [6, 6.07) is 8.94. The summed E-state index contributed by atoms with van der Waals surface area (Å²) in [5, 5.41) is 10.9. The number of benzene rings is 1. The molecule has 6 unspecified atom stereocenters. The van der Waals surface area contributed by atoms with Gasteiger partial charge in [0.25, 0.3) is 0 Å². The fraction of sp³-hybridized carbons (Fsp3) is 0.724. The Kier molecular flexibility index (Phi) is 6.31. The van der Waals surface area contributed by atoms with E-state index in [1.165, 1.54) is 38.5 Å². The van der Waals surface area contributed by atoms with Crippen LogP contribution >= 0.6 is 0 Å². The molecule has 0 radical (unpaired) electrons. The zero-order valence-electron chi connectivity index (χ0n) is 20.5. The molecule has 7 atom stereocenters. The fourth-order valence-corrected chi connectivity index (χ4v) is 9.87. The summed E-state index contributed by atoms with van der Waals surface area (Å²) in [6.07, 6.45) is 14.7. The maximum Gasteiger partial charge on any atom is 0.178 e. The van der Waals surface area contributed by atoms with Crippen molar-refractivity contribution in [3.05, 3.63) is 42.0 Å². The molecule has 3 saturated carbocycles. The number of sulfone groups is 1. The van der Waals surface area contributed by atoms with E-state index in [-0.39, 0.29) is 5.75 Å². The molecule has 1 N–H and O–H groups in total. The quantitative estimate of drug-likeness (QED) is 0.478. The van der Waals surface area contributed by atoms with Gasteiger partial charge in [-0.25, -0.2) is 8.42 Å². The summed E-state index contributed by atoms with van der Waals surface area (Å²) < 4.78 is 25.5. The van der Waals surface area contributed by atoms with Gasteiger partial charge in [0.15, 0.2) is 9.84 Å². The van der Waals surface area contributed by atoms with Crippen molar-refractivity contribution >= 4 is 9.84 Å². The number of hydrogen-bond acceptors (Lipinski definition) is 3. The summed E-state index contributed by atoms with van der Waals surface area (Å²) in [5.74, 6) is 4.03. The van der Waals surface area contributed by atoms with Crippen LogP contribution in [0.4, 0.5) is 0 Å². The second-order valence-electron chi connectivity index (χ2n) is 11.9. The number of allylic oxidation sites excluding steroid dienone is 1. The van der Waals surface area contributed by atoms with Crippen LogP contribution in [-0.2, 0) is 9.84 Å². The van der Waals surface area contributed by atoms with Gasteiger partial charge >= 0.3 is 0 Å². The molecule has 0 heterocycles. The van der Waals surface area contributed by atoms with Gasteiger partial charge < -0.3 is 5.11 Å². The zero-order chi connectivity index (χ0) is 23.3.